The van der Waals surface area contributed by atoms with Crippen molar-refractivity contribution in [1.82, 2.24) is 4.98 Å². The van der Waals surface area contributed by atoms with Crippen molar-refractivity contribution in [2.45, 2.75) is 26.3 Å². The van der Waals surface area contributed by atoms with Gasteiger partial charge in [0.25, 0.3) is 0 Å². The average Bonchev–Trinajstić information content (AvgIpc) is 2.90. The van der Waals surface area contributed by atoms with E-state index in [2.05, 4.69) is 4.98 Å². The molecule has 1 unspecified atom stereocenters. The predicted molar refractivity (Wildman–Crippen MR) is 81.0 cm³/mol. The normalized spacial score (nSPS) is 12.3. The summed E-state index contributed by atoms with van der Waals surface area (Å²) in [6.07, 6.45) is 0.680. The molecule has 1 atom stereocenters. The second-order valence-corrected chi connectivity index (χ2v) is 5.55. The van der Waals surface area contributed by atoms with E-state index in [4.69, 9.17) is 5.11 Å². The predicted octanol–water partition coefficient (Wildman–Crippen LogP) is 2.89. The molecule has 0 bridgehead atoms. The van der Waals surface area contributed by atoms with Gasteiger partial charge in [-0.3, -0.25) is 14.9 Å². The fraction of sp³-hybridized carbons (Fsp3) is 0.385. The number of carbonyl (C=O) groups is 1. The number of thiazole rings is 1. The van der Waals surface area contributed by atoms with Gasteiger partial charge in [-0.25, -0.2) is 4.98 Å². The van der Waals surface area contributed by atoms with E-state index in [-0.39, 0.29) is 18.3 Å². The Morgan fingerprint density at radius 2 is 2.29 bits per heavy atom. The van der Waals surface area contributed by atoms with Crippen molar-refractivity contribution in [3.63, 3.8) is 0 Å². The van der Waals surface area contributed by atoms with Crippen LogP contribution in [0.2, 0.25) is 0 Å². The lowest BCUT2D eigenvalue weighted by Crippen LogP contribution is -2.37. The third kappa shape index (κ3) is 2.94. The number of aromatic nitrogens is 1. The van der Waals surface area contributed by atoms with Crippen LogP contribution >= 0.6 is 11.3 Å². The molecule has 7 nitrogen and oxygen atoms in total. The third-order valence-electron chi connectivity index (χ3n) is 3.37. The number of carboxylic acid groups (broad SMARTS) is 1. The maximum atomic E-state index is 11.4. The van der Waals surface area contributed by atoms with Crippen LogP contribution in [0.5, 0.6) is 0 Å². The Morgan fingerprint density at radius 1 is 1.57 bits per heavy atom. The number of anilines is 1. The van der Waals surface area contributed by atoms with Crippen LogP contribution in [-0.2, 0) is 4.79 Å². The lowest BCUT2D eigenvalue weighted by atomic mass is 10.1. The molecule has 0 aliphatic carbocycles. The first-order valence-electron chi connectivity index (χ1n) is 6.44. The van der Waals surface area contributed by atoms with E-state index in [1.807, 2.05) is 13.8 Å². The van der Waals surface area contributed by atoms with Crippen LogP contribution in [0.25, 0.3) is 10.2 Å². The van der Waals surface area contributed by atoms with Crippen molar-refractivity contribution in [1.29, 1.82) is 0 Å². The van der Waals surface area contributed by atoms with Crippen LogP contribution in [-0.4, -0.2) is 33.6 Å². The van der Waals surface area contributed by atoms with Gasteiger partial charge in [0.1, 0.15) is 12.2 Å². The van der Waals surface area contributed by atoms with E-state index in [9.17, 15) is 14.9 Å². The van der Waals surface area contributed by atoms with E-state index in [0.717, 1.165) is 0 Å². The van der Waals surface area contributed by atoms with Gasteiger partial charge in [-0.05, 0) is 25.5 Å². The highest BCUT2D eigenvalue weighted by molar-refractivity contribution is 7.16. The standard InChI is InChI=1S/C13H15N3O4S/c1-3-8(2)15(6-11(17)18)9-4-5-10-12(14-7-21-10)13(9)16(19)20/h4-5,7-8H,3,6H2,1-2H3,(H,17,18). The second kappa shape index (κ2) is 6.04. The Morgan fingerprint density at radius 3 is 2.86 bits per heavy atom. The minimum absolute atomic E-state index is 0.129. The SMILES string of the molecule is CCC(C)N(CC(=O)O)c1ccc2scnc2c1[N+](=O)[O-]. The molecule has 21 heavy (non-hydrogen) atoms. The lowest BCUT2D eigenvalue weighted by molar-refractivity contribution is -0.382. The summed E-state index contributed by atoms with van der Waals surface area (Å²) in [5.74, 6) is -1.03. The molecule has 1 N–H and O–H groups in total. The van der Waals surface area contributed by atoms with E-state index in [0.29, 0.717) is 22.3 Å². The van der Waals surface area contributed by atoms with Gasteiger partial charge < -0.3 is 10.0 Å². The Labute approximate surface area is 125 Å². The summed E-state index contributed by atoms with van der Waals surface area (Å²) >= 11 is 1.32. The van der Waals surface area contributed by atoms with E-state index < -0.39 is 10.9 Å². The van der Waals surface area contributed by atoms with E-state index in [1.165, 1.54) is 11.3 Å². The molecule has 0 saturated heterocycles. The molecule has 0 amide bonds. The molecular formula is C13H15N3O4S. The number of hydrogen-bond acceptors (Lipinski definition) is 6. The van der Waals surface area contributed by atoms with Crippen LogP contribution < -0.4 is 4.90 Å². The molecule has 1 aromatic carbocycles. The number of benzene rings is 1. The topological polar surface area (TPSA) is 96.6 Å². The summed E-state index contributed by atoms with van der Waals surface area (Å²) in [6.45, 7) is 3.47. The maximum Gasteiger partial charge on any atom is 0.323 e. The molecule has 1 heterocycles. The molecule has 112 valence electrons. The smallest absolute Gasteiger partial charge is 0.323 e. The van der Waals surface area contributed by atoms with Gasteiger partial charge in [-0.2, -0.15) is 0 Å². The minimum Gasteiger partial charge on any atom is -0.480 e. The van der Waals surface area contributed by atoms with Crippen molar-refractivity contribution in [2.24, 2.45) is 0 Å². The molecule has 0 aliphatic rings. The van der Waals surface area contributed by atoms with Crippen LogP contribution in [0.1, 0.15) is 20.3 Å². The van der Waals surface area contributed by atoms with Crippen molar-refractivity contribution in [3.8, 4) is 0 Å². The van der Waals surface area contributed by atoms with Gasteiger partial charge in [0, 0.05) is 6.04 Å². The van der Waals surface area contributed by atoms with Crippen molar-refractivity contribution >= 4 is 38.9 Å². The highest BCUT2D eigenvalue weighted by Crippen LogP contribution is 2.37. The summed E-state index contributed by atoms with van der Waals surface area (Å²) < 4.78 is 0.713. The van der Waals surface area contributed by atoms with Crippen LogP contribution in [0.4, 0.5) is 11.4 Å². The van der Waals surface area contributed by atoms with Crippen molar-refractivity contribution in [3.05, 3.63) is 27.8 Å². The number of carboxylic acids is 1. The van der Waals surface area contributed by atoms with Crippen molar-refractivity contribution in [2.75, 3.05) is 11.4 Å². The zero-order valence-corrected chi connectivity index (χ0v) is 12.5. The number of rotatable bonds is 6. The monoisotopic (exact) mass is 309 g/mol. The summed E-state index contributed by atoms with van der Waals surface area (Å²) in [5.41, 5.74) is 2.03. The molecule has 0 spiro atoms. The third-order valence-corrected chi connectivity index (χ3v) is 4.17. The van der Waals surface area contributed by atoms with Crippen LogP contribution in [0.3, 0.4) is 0 Å². The van der Waals surface area contributed by atoms with Gasteiger partial charge >= 0.3 is 11.7 Å². The molecule has 8 heteroatoms. The summed E-state index contributed by atoms with van der Waals surface area (Å²) in [7, 11) is 0. The maximum absolute atomic E-state index is 11.4. The second-order valence-electron chi connectivity index (χ2n) is 4.67. The summed E-state index contributed by atoms with van der Waals surface area (Å²) in [6, 6.07) is 3.22. The molecule has 0 saturated carbocycles. The van der Waals surface area contributed by atoms with Gasteiger partial charge in [-0.1, -0.05) is 6.92 Å². The number of aliphatic carboxylic acids is 1. The highest BCUT2D eigenvalue weighted by atomic mass is 32.1. The average molecular weight is 309 g/mol. The molecule has 0 aliphatic heterocycles. The first-order chi connectivity index (χ1) is 9.95. The quantitative estimate of drug-likeness (QED) is 0.651. The summed E-state index contributed by atoms with van der Waals surface area (Å²) in [4.78, 5) is 27.6. The zero-order chi connectivity index (χ0) is 15.6. The molecule has 2 aromatic rings. The lowest BCUT2D eigenvalue weighted by Gasteiger charge is -2.28. The van der Waals surface area contributed by atoms with Gasteiger partial charge in [-0.15, -0.1) is 11.3 Å². The Kier molecular flexibility index (Phi) is 4.37. The molecule has 0 radical (unpaired) electrons. The number of nitro groups is 1. The number of hydrogen-bond donors (Lipinski definition) is 1. The fourth-order valence-corrected chi connectivity index (χ4v) is 2.84. The first kappa shape index (κ1) is 15.2. The van der Waals surface area contributed by atoms with E-state index >= 15 is 0 Å². The molecular weight excluding hydrogens is 294 g/mol. The fourth-order valence-electron chi connectivity index (χ4n) is 2.16. The van der Waals surface area contributed by atoms with Gasteiger partial charge in [0.05, 0.1) is 15.1 Å². The van der Waals surface area contributed by atoms with Crippen LogP contribution in [0.15, 0.2) is 17.6 Å². The molecule has 1 aromatic heterocycles. The zero-order valence-electron chi connectivity index (χ0n) is 11.6. The van der Waals surface area contributed by atoms with E-state index in [1.54, 1.807) is 22.5 Å². The first-order valence-corrected chi connectivity index (χ1v) is 7.32. The molecule has 0 fully saturated rings. The van der Waals surface area contributed by atoms with Crippen LogP contribution in [0, 0.1) is 10.1 Å². The minimum atomic E-state index is -1.03. The number of fused-ring (bicyclic) bond motifs is 1. The number of nitrogens with zero attached hydrogens (tertiary/aromatic N) is 3. The Bertz CT molecular complexity index is 685. The highest BCUT2D eigenvalue weighted by Gasteiger charge is 2.27. The molecule has 2 rings (SSSR count). The Hall–Kier alpha value is -2.22. The van der Waals surface area contributed by atoms with Gasteiger partial charge in [0.2, 0.25) is 0 Å². The van der Waals surface area contributed by atoms with Gasteiger partial charge in [0.15, 0.2) is 5.52 Å². The summed E-state index contributed by atoms with van der Waals surface area (Å²) in [5, 5.41) is 20.5. The Balaban J connectivity index is 2.63. The largest absolute Gasteiger partial charge is 0.480 e. The number of nitro benzene ring substituents is 1. The van der Waals surface area contributed by atoms with Crippen molar-refractivity contribution < 1.29 is 14.8 Å².